The molecule has 1 aliphatic rings. The van der Waals surface area contributed by atoms with Gasteiger partial charge >= 0.3 is 5.97 Å². The van der Waals surface area contributed by atoms with Gasteiger partial charge in [-0.2, -0.15) is 0 Å². The van der Waals surface area contributed by atoms with Gasteiger partial charge < -0.3 is 19.5 Å². The van der Waals surface area contributed by atoms with Gasteiger partial charge in [0, 0.05) is 11.6 Å². The van der Waals surface area contributed by atoms with Crippen molar-refractivity contribution >= 4 is 23.5 Å². The maximum atomic E-state index is 11.9. The Morgan fingerprint density at radius 1 is 1.33 bits per heavy atom. The van der Waals surface area contributed by atoms with Crippen molar-refractivity contribution in [2.75, 3.05) is 32.9 Å². The Kier molecular flexibility index (Phi) is 5.55. The molecule has 0 saturated carbocycles. The molecule has 6 nitrogen and oxygen atoms in total. The van der Waals surface area contributed by atoms with Gasteiger partial charge in [-0.1, -0.05) is 23.7 Å². The predicted molar refractivity (Wildman–Crippen MR) is 75.2 cm³/mol. The second-order valence-corrected chi connectivity index (χ2v) is 5.07. The number of hydrogen-bond acceptors (Lipinski definition) is 4. The average Bonchev–Trinajstić information content (AvgIpc) is 2.47. The van der Waals surface area contributed by atoms with Crippen molar-refractivity contribution < 1.29 is 24.2 Å². The summed E-state index contributed by atoms with van der Waals surface area (Å²) < 4.78 is 10.5. The van der Waals surface area contributed by atoms with Crippen LogP contribution >= 0.6 is 11.6 Å². The third kappa shape index (κ3) is 4.70. The first kappa shape index (κ1) is 15.8. The van der Waals surface area contributed by atoms with E-state index in [2.05, 4.69) is 0 Å². The summed E-state index contributed by atoms with van der Waals surface area (Å²) in [4.78, 5) is 23.9. The second kappa shape index (κ2) is 7.40. The van der Waals surface area contributed by atoms with Crippen LogP contribution < -0.4 is 0 Å². The smallest absolute Gasteiger partial charge is 0.329 e. The van der Waals surface area contributed by atoms with Crippen LogP contribution in [0.3, 0.4) is 0 Å². The van der Waals surface area contributed by atoms with Crippen LogP contribution in [0.2, 0.25) is 5.02 Å². The van der Waals surface area contributed by atoms with Crippen LogP contribution in [0.4, 0.5) is 0 Å². The Morgan fingerprint density at radius 2 is 2.05 bits per heavy atom. The maximum absolute atomic E-state index is 11.9. The highest BCUT2D eigenvalue weighted by Crippen LogP contribution is 2.23. The van der Waals surface area contributed by atoms with E-state index in [1.54, 1.807) is 17.0 Å². The molecule has 0 aliphatic carbocycles. The first-order valence-corrected chi connectivity index (χ1v) is 6.88. The number of nitrogens with zero attached hydrogens (tertiary/aromatic N) is 1. The molecule has 114 valence electrons. The molecule has 0 spiro atoms. The molecular weight excluding hydrogens is 298 g/mol. The number of rotatable bonds is 5. The molecule has 1 N–H and O–H groups in total. The normalized spacial score (nSPS) is 18.5. The molecule has 1 aromatic carbocycles. The van der Waals surface area contributed by atoms with Gasteiger partial charge in [0.05, 0.1) is 13.2 Å². The third-order valence-corrected chi connectivity index (χ3v) is 3.36. The molecule has 1 amide bonds. The minimum atomic E-state index is -1.09. The van der Waals surface area contributed by atoms with Crippen molar-refractivity contribution in [2.45, 2.75) is 6.10 Å². The zero-order chi connectivity index (χ0) is 15.2. The standard InChI is InChI=1S/C14H16ClNO5/c15-11-3-1-10(2-4-11)12-7-16(5-6-21-12)13(17)8-20-9-14(18)19/h1-4,12H,5-9H2,(H,18,19). The summed E-state index contributed by atoms with van der Waals surface area (Å²) in [6.45, 7) is 0.602. The van der Waals surface area contributed by atoms with Gasteiger partial charge in [0.1, 0.15) is 19.3 Å². The number of aliphatic carboxylic acids is 1. The lowest BCUT2D eigenvalue weighted by molar-refractivity contribution is -0.149. The molecule has 1 aliphatic heterocycles. The Bertz CT molecular complexity index is 505. The largest absolute Gasteiger partial charge is 0.480 e. The van der Waals surface area contributed by atoms with Gasteiger partial charge in [0.2, 0.25) is 5.91 Å². The lowest BCUT2D eigenvalue weighted by Crippen LogP contribution is -2.44. The molecule has 2 rings (SSSR count). The number of morpholine rings is 1. The first-order chi connectivity index (χ1) is 10.1. The molecule has 0 radical (unpaired) electrons. The van der Waals surface area contributed by atoms with Crippen molar-refractivity contribution in [3.63, 3.8) is 0 Å². The number of carbonyl (C=O) groups is 2. The van der Waals surface area contributed by atoms with Crippen molar-refractivity contribution in [1.82, 2.24) is 4.90 Å². The highest BCUT2D eigenvalue weighted by atomic mass is 35.5. The minimum Gasteiger partial charge on any atom is -0.480 e. The summed E-state index contributed by atoms with van der Waals surface area (Å²) in [5, 5.41) is 9.11. The Hall–Kier alpha value is -1.63. The molecule has 0 aromatic heterocycles. The molecule has 1 aromatic rings. The molecule has 1 atom stereocenters. The highest BCUT2D eigenvalue weighted by Gasteiger charge is 2.25. The molecule has 1 saturated heterocycles. The molecule has 1 unspecified atom stereocenters. The van der Waals surface area contributed by atoms with E-state index in [0.717, 1.165) is 5.56 Å². The van der Waals surface area contributed by atoms with Crippen LogP contribution in [0.25, 0.3) is 0 Å². The lowest BCUT2D eigenvalue weighted by Gasteiger charge is -2.33. The van der Waals surface area contributed by atoms with Crippen molar-refractivity contribution in [3.05, 3.63) is 34.9 Å². The first-order valence-electron chi connectivity index (χ1n) is 6.50. The fourth-order valence-electron chi connectivity index (χ4n) is 2.07. The SMILES string of the molecule is O=C(O)COCC(=O)N1CCOC(c2ccc(Cl)cc2)C1. The van der Waals surface area contributed by atoms with Gasteiger partial charge in [-0.25, -0.2) is 4.79 Å². The van der Waals surface area contributed by atoms with Crippen LogP contribution in [-0.2, 0) is 19.1 Å². The summed E-state index contributed by atoms with van der Waals surface area (Å²) in [7, 11) is 0. The number of carbonyl (C=O) groups excluding carboxylic acids is 1. The van der Waals surface area contributed by atoms with E-state index in [1.165, 1.54) is 0 Å². The molecule has 1 heterocycles. The predicted octanol–water partition coefficient (Wildman–Crippen LogP) is 1.34. The van der Waals surface area contributed by atoms with Crippen LogP contribution in [0.15, 0.2) is 24.3 Å². The van der Waals surface area contributed by atoms with E-state index < -0.39 is 12.6 Å². The second-order valence-electron chi connectivity index (χ2n) is 4.64. The number of carboxylic acids is 1. The van der Waals surface area contributed by atoms with Crippen LogP contribution in [-0.4, -0.2) is 54.8 Å². The Morgan fingerprint density at radius 3 is 2.71 bits per heavy atom. The topological polar surface area (TPSA) is 76.1 Å². The van der Waals surface area contributed by atoms with Gasteiger partial charge in [-0.15, -0.1) is 0 Å². The van der Waals surface area contributed by atoms with Gasteiger partial charge in [-0.05, 0) is 17.7 Å². The lowest BCUT2D eigenvalue weighted by atomic mass is 10.1. The monoisotopic (exact) mass is 313 g/mol. The Balaban J connectivity index is 1.89. The Labute approximate surface area is 127 Å². The van der Waals surface area contributed by atoms with Gasteiger partial charge in [-0.3, -0.25) is 4.79 Å². The van der Waals surface area contributed by atoms with Crippen LogP contribution in [0, 0.1) is 0 Å². The van der Waals surface area contributed by atoms with E-state index in [-0.39, 0.29) is 18.6 Å². The number of carboxylic acid groups (broad SMARTS) is 1. The quantitative estimate of drug-likeness (QED) is 0.888. The minimum absolute atomic E-state index is 0.209. The number of amides is 1. The zero-order valence-electron chi connectivity index (χ0n) is 11.3. The molecule has 1 fully saturated rings. The summed E-state index contributed by atoms with van der Waals surface area (Å²) in [5.74, 6) is -1.33. The molecule has 7 heteroatoms. The van der Waals surface area contributed by atoms with E-state index >= 15 is 0 Å². The van der Waals surface area contributed by atoms with E-state index in [4.69, 9.17) is 26.2 Å². The van der Waals surface area contributed by atoms with Crippen LogP contribution in [0.5, 0.6) is 0 Å². The average molecular weight is 314 g/mol. The summed E-state index contributed by atoms with van der Waals surface area (Å²) in [6, 6.07) is 7.28. The van der Waals surface area contributed by atoms with Crippen molar-refractivity contribution in [1.29, 1.82) is 0 Å². The number of hydrogen-bond donors (Lipinski definition) is 1. The van der Waals surface area contributed by atoms with Crippen LogP contribution in [0.1, 0.15) is 11.7 Å². The third-order valence-electron chi connectivity index (χ3n) is 3.11. The number of halogens is 1. The van der Waals surface area contributed by atoms with E-state index in [9.17, 15) is 9.59 Å². The molecule has 21 heavy (non-hydrogen) atoms. The van der Waals surface area contributed by atoms with Crippen molar-refractivity contribution in [2.24, 2.45) is 0 Å². The molecule has 0 bridgehead atoms. The van der Waals surface area contributed by atoms with Gasteiger partial charge in [0.15, 0.2) is 0 Å². The summed E-state index contributed by atoms with van der Waals surface area (Å²) >= 11 is 5.84. The van der Waals surface area contributed by atoms with Crippen molar-refractivity contribution in [3.8, 4) is 0 Å². The summed E-state index contributed by atoms with van der Waals surface area (Å²) in [5.41, 5.74) is 0.948. The van der Waals surface area contributed by atoms with E-state index in [1.807, 2.05) is 12.1 Å². The van der Waals surface area contributed by atoms with E-state index in [0.29, 0.717) is 24.7 Å². The number of benzene rings is 1. The fraction of sp³-hybridized carbons (Fsp3) is 0.429. The fourth-order valence-corrected chi connectivity index (χ4v) is 2.20. The maximum Gasteiger partial charge on any atom is 0.329 e. The van der Waals surface area contributed by atoms with Gasteiger partial charge in [0.25, 0.3) is 0 Å². The zero-order valence-corrected chi connectivity index (χ0v) is 12.1. The highest BCUT2D eigenvalue weighted by molar-refractivity contribution is 6.30. The summed E-state index contributed by atoms with van der Waals surface area (Å²) in [6.07, 6.45) is -0.209. The number of ether oxygens (including phenoxy) is 2. The molecular formula is C14H16ClNO5.